The first-order chi connectivity index (χ1) is 11.5. The molecule has 24 heavy (non-hydrogen) atoms. The summed E-state index contributed by atoms with van der Waals surface area (Å²) in [7, 11) is 0. The summed E-state index contributed by atoms with van der Waals surface area (Å²) in [6, 6.07) is 6.94. The molecular weight excluding hydrogens is 308 g/mol. The second kappa shape index (κ2) is 7.32. The summed E-state index contributed by atoms with van der Waals surface area (Å²) in [5.41, 5.74) is 1.21. The van der Waals surface area contributed by atoms with Crippen LogP contribution in [-0.4, -0.2) is 73.2 Å². The highest BCUT2D eigenvalue weighted by molar-refractivity contribution is 5.98. The number of benzene rings is 1. The average Bonchev–Trinajstić information content (AvgIpc) is 2.60. The standard InChI is InChI=1S/C18H24N2O4/c1-13-11-19(7-9-23-13)17(21)15-3-5-16(6-4-15)18(22)20-8-10-24-14(2)12-20/h3-6,13-14H,7-12H2,1-2H3. The van der Waals surface area contributed by atoms with Crippen molar-refractivity contribution >= 4 is 11.8 Å². The van der Waals surface area contributed by atoms with E-state index in [4.69, 9.17) is 9.47 Å². The van der Waals surface area contributed by atoms with Crippen molar-refractivity contribution in [1.29, 1.82) is 0 Å². The molecule has 0 N–H and O–H groups in total. The van der Waals surface area contributed by atoms with Crippen LogP contribution in [-0.2, 0) is 9.47 Å². The Morgan fingerprint density at radius 2 is 1.21 bits per heavy atom. The molecule has 6 nitrogen and oxygen atoms in total. The predicted molar refractivity (Wildman–Crippen MR) is 89.1 cm³/mol. The fourth-order valence-corrected chi connectivity index (χ4v) is 3.13. The lowest BCUT2D eigenvalue weighted by Crippen LogP contribution is -2.45. The van der Waals surface area contributed by atoms with Gasteiger partial charge in [0.1, 0.15) is 0 Å². The van der Waals surface area contributed by atoms with Crippen molar-refractivity contribution in [2.24, 2.45) is 0 Å². The minimum absolute atomic E-state index is 0.0101. The maximum atomic E-state index is 12.5. The van der Waals surface area contributed by atoms with E-state index in [9.17, 15) is 9.59 Å². The highest BCUT2D eigenvalue weighted by Gasteiger charge is 2.24. The Kier molecular flexibility index (Phi) is 5.16. The molecule has 2 atom stereocenters. The number of carbonyl (C=O) groups excluding carboxylic acids is 2. The van der Waals surface area contributed by atoms with Crippen LogP contribution in [0.5, 0.6) is 0 Å². The van der Waals surface area contributed by atoms with Crippen LogP contribution in [0.25, 0.3) is 0 Å². The van der Waals surface area contributed by atoms with E-state index in [0.717, 1.165) is 0 Å². The Morgan fingerprint density at radius 3 is 1.54 bits per heavy atom. The lowest BCUT2D eigenvalue weighted by atomic mass is 10.1. The third kappa shape index (κ3) is 3.76. The normalized spacial score (nSPS) is 24.8. The van der Waals surface area contributed by atoms with Crippen molar-refractivity contribution in [3.05, 3.63) is 35.4 Å². The highest BCUT2D eigenvalue weighted by atomic mass is 16.5. The molecule has 2 aliphatic heterocycles. The smallest absolute Gasteiger partial charge is 0.254 e. The second-order valence-corrected chi connectivity index (χ2v) is 6.44. The molecule has 2 aliphatic rings. The number of nitrogens with zero attached hydrogens (tertiary/aromatic N) is 2. The van der Waals surface area contributed by atoms with Crippen molar-refractivity contribution in [2.45, 2.75) is 26.1 Å². The van der Waals surface area contributed by atoms with Gasteiger partial charge in [-0.05, 0) is 38.1 Å². The molecule has 0 aliphatic carbocycles. The highest BCUT2D eigenvalue weighted by Crippen LogP contribution is 2.14. The average molecular weight is 332 g/mol. The minimum Gasteiger partial charge on any atom is -0.375 e. The molecule has 2 saturated heterocycles. The first kappa shape index (κ1) is 16.9. The molecule has 2 heterocycles. The summed E-state index contributed by atoms with van der Waals surface area (Å²) < 4.78 is 10.9. The zero-order chi connectivity index (χ0) is 17.1. The molecule has 2 unspecified atom stereocenters. The lowest BCUT2D eigenvalue weighted by Gasteiger charge is -2.32. The third-order valence-corrected chi connectivity index (χ3v) is 4.44. The van der Waals surface area contributed by atoms with Gasteiger partial charge in [0.15, 0.2) is 0 Å². The molecule has 2 amide bonds. The quantitative estimate of drug-likeness (QED) is 0.822. The molecular formula is C18H24N2O4. The zero-order valence-corrected chi connectivity index (χ0v) is 14.2. The maximum Gasteiger partial charge on any atom is 0.254 e. The summed E-state index contributed by atoms with van der Waals surface area (Å²) in [5, 5.41) is 0. The van der Waals surface area contributed by atoms with E-state index in [2.05, 4.69) is 0 Å². The van der Waals surface area contributed by atoms with Crippen LogP contribution in [0.1, 0.15) is 34.6 Å². The van der Waals surface area contributed by atoms with Crippen LogP contribution in [0.15, 0.2) is 24.3 Å². The van der Waals surface area contributed by atoms with Gasteiger partial charge in [-0.25, -0.2) is 0 Å². The SMILES string of the molecule is CC1CN(C(=O)c2ccc(C(=O)N3CCOC(C)C3)cc2)CCO1. The molecule has 1 aromatic carbocycles. The molecule has 2 fully saturated rings. The summed E-state index contributed by atoms with van der Waals surface area (Å²) in [4.78, 5) is 28.7. The van der Waals surface area contributed by atoms with Gasteiger partial charge in [-0.1, -0.05) is 0 Å². The van der Waals surface area contributed by atoms with Crippen LogP contribution in [0, 0.1) is 0 Å². The second-order valence-electron chi connectivity index (χ2n) is 6.44. The first-order valence-electron chi connectivity index (χ1n) is 8.46. The van der Waals surface area contributed by atoms with E-state index in [1.165, 1.54) is 0 Å². The van der Waals surface area contributed by atoms with Crippen molar-refractivity contribution in [3.63, 3.8) is 0 Å². The van der Waals surface area contributed by atoms with Gasteiger partial charge in [-0.15, -0.1) is 0 Å². The van der Waals surface area contributed by atoms with E-state index in [0.29, 0.717) is 50.5 Å². The van der Waals surface area contributed by atoms with Gasteiger partial charge in [0.25, 0.3) is 11.8 Å². The minimum atomic E-state index is -0.0101. The Balaban J connectivity index is 1.66. The molecule has 130 valence electrons. The van der Waals surface area contributed by atoms with E-state index in [1.54, 1.807) is 34.1 Å². The van der Waals surface area contributed by atoms with Gasteiger partial charge >= 0.3 is 0 Å². The van der Waals surface area contributed by atoms with E-state index < -0.39 is 0 Å². The largest absolute Gasteiger partial charge is 0.375 e. The van der Waals surface area contributed by atoms with Crippen molar-refractivity contribution in [3.8, 4) is 0 Å². The van der Waals surface area contributed by atoms with Crippen molar-refractivity contribution < 1.29 is 19.1 Å². The zero-order valence-electron chi connectivity index (χ0n) is 14.2. The summed E-state index contributed by atoms with van der Waals surface area (Å²) in [6.45, 7) is 7.48. The lowest BCUT2D eigenvalue weighted by molar-refractivity contribution is -0.0125. The Labute approximate surface area is 142 Å². The van der Waals surface area contributed by atoms with Crippen LogP contribution in [0.3, 0.4) is 0 Å². The summed E-state index contributed by atoms with van der Waals surface area (Å²) in [6.07, 6.45) is 0.124. The molecule has 1 aromatic rings. The van der Waals surface area contributed by atoms with E-state index >= 15 is 0 Å². The Bertz CT molecular complexity index is 549. The van der Waals surface area contributed by atoms with Crippen LogP contribution < -0.4 is 0 Å². The van der Waals surface area contributed by atoms with Crippen LogP contribution in [0.4, 0.5) is 0 Å². The van der Waals surface area contributed by atoms with E-state index in [-0.39, 0.29) is 24.0 Å². The third-order valence-electron chi connectivity index (χ3n) is 4.44. The number of rotatable bonds is 2. The fourth-order valence-electron chi connectivity index (χ4n) is 3.13. The fraction of sp³-hybridized carbons (Fsp3) is 0.556. The van der Waals surface area contributed by atoms with Crippen molar-refractivity contribution in [1.82, 2.24) is 9.80 Å². The van der Waals surface area contributed by atoms with Crippen LogP contribution >= 0.6 is 0 Å². The maximum absolute atomic E-state index is 12.5. The van der Waals surface area contributed by atoms with Gasteiger partial charge in [0.2, 0.25) is 0 Å². The Morgan fingerprint density at radius 1 is 0.833 bits per heavy atom. The molecule has 6 heteroatoms. The topological polar surface area (TPSA) is 59.1 Å². The Hall–Kier alpha value is -1.92. The number of morpholine rings is 2. The number of hydrogen-bond acceptors (Lipinski definition) is 4. The van der Waals surface area contributed by atoms with Gasteiger partial charge in [0.05, 0.1) is 25.4 Å². The number of amides is 2. The monoisotopic (exact) mass is 332 g/mol. The predicted octanol–water partition coefficient (Wildman–Crippen LogP) is 1.41. The molecule has 0 radical (unpaired) electrons. The molecule has 0 saturated carbocycles. The van der Waals surface area contributed by atoms with Gasteiger partial charge in [-0.2, -0.15) is 0 Å². The molecule has 0 aromatic heterocycles. The molecule has 3 rings (SSSR count). The van der Waals surface area contributed by atoms with Crippen LogP contribution in [0.2, 0.25) is 0 Å². The summed E-state index contributed by atoms with van der Waals surface area (Å²) >= 11 is 0. The van der Waals surface area contributed by atoms with Gasteiger partial charge in [0, 0.05) is 37.3 Å². The molecule has 0 bridgehead atoms. The number of hydrogen-bond donors (Lipinski definition) is 0. The number of carbonyl (C=O) groups is 2. The first-order valence-corrected chi connectivity index (χ1v) is 8.46. The summed E-state index contributed by atoms with van der Waals surface area (Å²) in [5.74, 6) is -0.0201. The van der Waals surface area contributed by atoms with Gasteiger partial charge < -0.3 is 19.3 Å². The number of ether oxygens (including phenoxy) is 2. The van der Waals surface area contributed by atoms with Gasteiger partial charge in [-0.3, -0.25) is 9.59 Å². The molecule has 0 spiro atoms. The van der Waals surface area contributed by atoms with Crippen molar-refractivity contribution in [2.75, 3.05) is 39.4 Å². The van der Waals surface area contributed by atoms with E-state index in [1.807, 2.05) is 13.8 Å².